The second kappa shape index (κ2) is 6.44. The minimum atomic E-state index is -0.288. The maximum atomic E-state index is 13.4. The third-order valence-corrected chi connectivity index (χ3v) is 5.02. The number of hydrogen-bond acceptors (Lipinski definition) is 5. The molecule has 1 aliphatic rings. The molecule has 0 saturated carbocycles. The summed E-state index contributed by atoms with van der Waals surface area (Å²) < 4.78 is 15.3. The first-order chi connectivity index (χ1) is 13.2. The highest BCUT2D eigenvalue weighted by atomic mass is 35.5. The van der Waals surface area contributed by atoms with Crippen molar-refractivity contribution in [3.8, 4) is 11.4 Å². The molecule has 0 spiro atoms. The molecule has 2 aromatic carbocycles. The van der Waals surface area contributed by atoms with E-state index in [9.17, 15) is 4.39 Å². The lowest BCUT2D eigenvalue weighted by molar-refractivity contribution is 0.586. The van der Waals surface area contributed by atoms with Crippen LogP contribution in [-0.2, 0) is 0 Å². The van der Waals surface area contributed by atoms with Crippen LogP contribution in [0, 0.1) is 5.82 Å². The van der Waals surface area contributed by atoms with Gasteiger partial charge in [-0.05, 0) is 42.5 Å². The molecular weight excluding hydrogens is 367 g/mol. The highest BCUT2D eigenvalue weighted by Gasteiger charge is 2.21. The van der Waals surface area contributed by atoms with Crippen LogP contribution in [0.1, 0.15) is 0 Å². The fourth-order valence-electron chi connectivity index (χ4n) is 3.47. The average molecular weight is 383 g/mol. The molecule has 1 N–H and O–H groups in total. The molecule has 136 valence electrons. The number of nitrogens with one attached hydrogen (secondary N) is 1. The van der Waals surface area contributed by atoms with Crippen LogP contribution in [0.3, 0.4) is 0 Å². The maximum absolute atomic E-state index is 13.4. The highest BCUT2D eigenvalue weighted by molar-refractivity contribution is 6.31. The first-order valence-electron chi connectivity index (χ1n) is 8.77. The first-order valence-corrected chi connectivity index (χ1v) is 9.14. The molecule has 0 amide bonds. The summed E-state index contributed by atoms with van der Waals surface area (Å²) in [6.07, 6.45) is 0. The van der Waals surface area contributed by atoms with E-state index in [0.29, 0.717) is 16.5 Å². The van der Waals surface area contributed by atoms with Crippen molar-refractivity contribution in [2.75, 3.05) is 31.1 Å². The van der Waals surface area contributed by atoms with Crippen LogP contribution in [0.4, 0.5) is 10.2 Å². The highest BCUT2D eigenvalue weighted by Crippen LogP contribution is 2.30. The summed E-state index contributed by atoms with van der Waals surface area (Å²) in [6.45, 7) is 3.48. The van der Waals surface area contributed by atoms with Crippen molar-refractivity contribution in [1.82, 2.24) is 24.9 Å². The molecule has 0 unspecified atom stereocenters. The van der Waals surface area contributed by atoms with Gasteiger partial charge < -0.3 is 10.2 Å². The summed E-state index contributed by atoms with van der Waals surface area (Å²) in [5.41, 5.74) is 3.08. The summed E-state index contributed by atoms with van der Waals surface area (Å²) in [5.74, 6) is 1.15. The smallest absolute Gasteiger partial charge is 0.204 e. The number of rotatable bonds is 2. The molecule has 27 heavy (non-hydrogen) atoms. The van der Waals surface area contributed by atoms with E-state index in [4.69, 9.17) is 16.6 Å². The number of fused-ring (bicyclic) bond motifs is 3. The summed E-state index contributed by atoms with van der Waals surface area (Å²) >= 11 is 6.24. The van der Waals surface area contributed by atoms with E-state index in [0.717, 1.165) is 48.6 Å². The maximum Gasteiger partial charge on any atom is 0.204 e. The van der Waals surface area contributed by atoms with Crippen molar-refractivity contribution in [2.45, 2.75) is 0 Å². The van der Waals surface area contributed by atoms with Gasteiger partial charge in [-0.3, -0.25) is 4.40 Å². The number of hydrogen-bond donors (Lipinski definition) is 1. The molecule has 0 radical (unpaired) electrons. The Morgan fingerprint density at radius 2 is 1.78 bits per heavy atom. The van der Waals surface area contributed by atoms with Crippen molar-refractivity contribution in [1.29, 1.82) is 0 Å². The molecule has 0 bridgehead atoms. The van der Waals surface area contributed by atoms with E-state index in [2.05, 4.69) is 20.4 Å². The fraction of sp³-hybridized carbons (Fsp3) is 0.211. The Morgan fingerprint density at radius 3 is 2.56 bits per heavy atom. The lowest BCUT2D eigenvalue weighted by Gasteiger charge is -2.28. The van der Waals surface area contributed by atoms with Crippen LogP contribution < -0.4 is 10.2 Å². The van der Waals surface area contributed by atoms with Crippen molar-refractivity contribution >= 4 is 34.1 Å². The van der Waals surface area contributed by atoms with Crippen molar-refractivity contribution < 1.29 is 4.39 Å². The molecule has 1 fully saturated rings. The number of nitrogens with zero attached hydrogens (tertiary/aromatic N) is 5. The zero-order valence-electron chi connectivity index (χ0n) is 14.4. The van der Waals surface area contributed by atoms with Crippen LogP contribution in [0.2, 0.25) is 5.02 Å². The Balaban J connectivity index is 1.82. The van der Waals surface area contributed by atoms with E-state index in [1.165, 1.54) is 12.1 Å². The van der Waals surface area contributed by atoms with Gasteiger partial charge >= 0.3 is 0 Å². The van der Waals surface area contributed by atoms with Gasteiger partial charge in [0.15, 0.2) is 11.6 Å². The lowest BCUT2D eigenvalue weighted by atomic mass is 10.2. The Hall–Kier alpha value is -2.77. The van der Waals surface area contributed by atoms with Crippen LogP contribution in [0.25, 0.3) is 28.1 Å². The van der Waals surface area contributed by atoms with E-state index < -0.39 is 0 Å². The molecule has 1 saturated heterocycles. The van der Waals surface area contributed by atoms with E-state index in [1.807, 2.05) is 22.6 Å². The van der Waals surface area contributed by atoms with Gasteiger partial charge in [0.05, 0.1) is 11.0 Å². The molecule has 0 aliphatic carbocycles. The van der Waals surface area contributed by atoms with Crippen LogP contribution in [0.5, 0.6) is 0 Å². The van der Waals surface area contributed by atoms with Gasteiger partial charge in [-0.2, -0.15) is 0 Å². The molecular formula is C19H16ClFN6. The molecule has 0 atom stereocenters. The molecule has 8 heteroatoms. The van der Waals surface area contributed by atoms with Gasteiger partial charge in [-0.1, -0.05) is 11.6 Å². The van der Waals surface area contributed by atoms with Crippen LogP contribution in [0.15, 0.2) is 42.5 Å². The zero-order chi connectivity index (χ0) is 18.4. The standard InChI is InChI=1S/C19H16ClFN6/c20-13-3-6-15-16(11-13)27-17(12-1-4-14(21)5-2-12)24-25-19(27)18(23-15)26-9-7-22-8-10-26/h1-6,11,22H,7-10H2. The van der Waals surface area contributed by atoms with Crippen molar-refractivity contribution in [2.24, 2.45) is 0 Å². The van der Waals surface area contributed by atoms with E-state index in [1.54, 1.807) is 12.1 Å². The molecule has 1 aliphatic heterocycles. The largest absolute Gasteiger partial charge is 0.351 e. The van der Waals surface area contributed by atoms with Crippen molar-refractivity contribution in [3.63, 3.8) is 0 Å². The number of aromatic nitrogens is 4. The third kappa shape index (κ3) is 2.79. The average Bonchev–Trinajstić information content (AvgIpc) is 3.14. The molecule has 2 aromatic heterocycles. The zero-order valence-corrected chi connectivity index (χ0v) is 15.1. The Morgan fingerprint density at radius 1 is 1.00 bits per heavy atom. The summed E-state index contributed by atoms with van der Waals surface area (Å²) in [5, 5.41) is 12.8. The molecule has 6 nitrogen and oxygen atoms in total. The topological polar surface area (TPSA) is 58.4 Å². The van der Waals surface area contributed by atoms with Gasteiger partial charge in [0.1, 0.15) is 5.82 Å². The van der Waals surface area contributed by atoms with Gasteiger partial charge in [0, 0.05) is 36.8 Å². The van der Waals surface area contributed by atoms with Gasteiger partial charge in [0.25, 0.3) is 0 Å². The predicted molar refractivity (Wildman–Crippen MR) is 104 cm³/mol. The van der Waals surface area contributed by atoms with Crippen molar-refractivity contribution in [3.05, 3.63) is 53.3 Å². The summed E-state index contributed by atoms with van der Waals surface area (Å²) in [6, 6.07) is 11.8. The fourth-order valence-corrected chi connectivity index (χ4v) is 3.63. The first kappa shape index (κ1) is 16.4. The second-order valence-corrected chi connectivity index (χ2v) is 6.93. The van der Waals surface area contributed by atoms with Gasteiger partial charge in [-0.15, -0.1) is 10.2 Å². The number of benzene rings is 2. The molecule has 3 heterocycles. The minimum Gasteiger partial charge on any atom is -0.351 e. The predicted octanol–water partition coefficient (Wildman–Crippen LogP) is 3.15. The van der Waals surface area contributed by atoms with Gasteiger partial charge in [0.2, 0.25) is 5.65 Å². The second-order valence-electron chi connectivity index (χ2n) is 6.50. The SMILES string of the molecule is Fc1ccc(-c2nnc3c(N4CCNCC4)nc4ccc(Cl)cc4n23)cc1. The quantitative estimate of drug-likeness (QED) is 0.577. The number of anilines is 1. The number of halogens is 2. The summed E-state index contributed by atoms with van der Waals surface area (Å²) in [7, 11) is 0. The summed E-state index contributed by atoms with van der Waals surface area (Å²) in [4.78, 5) is 7.06. The van der Waals surface area contributed by atoms with Crippen LogP contribution >= 0.6 is 11.6 Å². The Labute approximate surface area is 159 Å². The lowest BCUT2D eigenvalue weighted by Crippen LogP contribution is -2.44. The Kier molecular flexibility index (Phi) is 3.91. The monoisotopic (exact) mass is 382 g/mol. The minimum absolute atomic E-state index is 0.288. The van der Waals surface area contributed by atoms with Gasteiger partial charge in [-0.25, -0.2) is 9.37 Å². The van der Waals surface area contributed by atoms with Crippen LogP contribution in [-0.4, -0.2) is 45.8 Å². The third-order valence-electron chi connectivity index (χ3n) is 4.79. The van der Waals surface area contributed by atoms with E-state index >= 15 is 0 Å². The van der Waals surface area contributed by atoms with E-state index in [-0.39, 0.29) is 5.82 Å². The molecule has 4 aromatic rings. The Bertz CT molecular complexity index is 1130. The molecule has 5 rings (SSSR count). The number of piperazine rings is 1. The normalized spacial score (nSPS) is 15.0.